The van der Waals surface area contributed by atoms with Gasteiger partial charge in [0.15, 0.2) is 15.4 Å². The second-order valence-electron chi connectivity index (χ2n) is 6.31. The van der Waals surface area contributed by atoms with Gasteiger partial charge in [-0.3, -0.25) is 4.79 Å². The maximum Gasteiger partial charge on any atom is 0.417 e. The van der Waals surface area contributed by atoms with E-state index in [1.165, 1.54) is 6.07 Å². The van der Waals surface area contributed by atoms with Crippen molar-refractivity contribution in [3.63, 3.8) is 0 Å². The highest BCUT2D eigenvalue weighted by atomic mass is 32.2. The zero-order chi connectivity index (χ0) is 22.0. The van der Waals surface area contributed by atoms with Crippen LogP contribution >= 0.6 is 0 Å². The molecule has 154 valence electrons. The minimum atomic E-state index is -4.86. The number of halogens is 4. The third-order valence-electron chi connectivity index (χ3n) is 3.84. The number of nitrogens with zero attached hydrogens (tertiary/aromatic N) is 1. The Morgan fingerprint density at radius 3 is 2.28 bits per heavy atom. The van der Waals surface area contributed by atoms with Crippen molar-refractivity contribution in [2.75, 3.05) is 11.1 Å². The number of carbonyl (C=O) groups excluding carboxylic acids is 1. The lowest BCUT2D eigenvalue weighted by molar-refractivity contribution is -0.137. The quantitative estimate of drug-likeness (QED) is 0.562. The Labute approximate surface area is 163 Å². The first-order chi connectivity index (χ1) is 13.3. The molecule has 2 N–H and O–H groups in total. The van der Waals surface area contributed by atoms with Gasteiger partial charge in [0, 0.05) is 5.69 Å². The molecule has 11 heteroatoms. The SMILES string of the molecule is CC(O)(CS(=O)(=O)c1ccc([18F])cc1)C(=O)Nc1ccc(C#N)c(C(F)(F)F)c1. The third-order valence-corrected chi connectivity index (χ3v) is 5.77. The molecule has 0 aliphatic heterocycles. The minimum absolute atomic E-state index is 0.343. The molecular formula is C18H14F4N2O4S. The summed E-state index contributed by atoms with van der Waals surface area (Å²) < 4.78 is 76.6. The molecule has 0 radical (unpaired) electrons. The van der Waals surface area contributed by atoms with Crippen LogP contribution in [0.1, 0.15) is 18.1 Å². The van der Waals surface area contributed by atoms with E-state index in [-0.39, 0.29) is 10.6 Å². The van der Waals surface area contributed by atoms with Crippen LogP contribution in [0, 0.1) is 17.1 Å². The highest BCUT2D eigenvalue weighted by Gasteiger charge is 2.38. The number of rotatable bonds is 5. The summed E-state index contributed by atoms with van der Waals surface area (Å²) in [6.07, 6.45) is -4.86. The number of hydrogen-bond donors (Lipinski definition) is 2. The Bertz CT molecular complexity index is 1070. The predicted octanol–water partition coefficient (Wildman–Crippen LogP) is 2.88. The van der Waals surface area contributed by atoms with E-state index in [1.54, 1.807) is 0 Å². The van der Waals surface area contributed by atoms with Crippen molar-refractivity contribution in [1.82, 2.24) is 0 Å². The van der Waals surface area contributed by atoms with Crippen molar-refractivity contribution in [3.8, 4) is 6.07 Å². The van der Waals surface area contributed by atoms with Crippen LogP contribution < -0.4 is 5.32 Å². The Morgan fingerprint density at radius 2 is 1.76 bits per heavy atom. The van der Waals surface area contributed by atoms with E-state index in [9.17, 15) is 35.9 Å². The Balaban J connectivity index is 2.25. The van der Waals surface area contributed by atoms with Crippen LogP contribution in [0.5, 0.6) is 0 Å². The molecule has 29 heavy (non-hydrogen) atoms. The van der Waals surface area contributed by atoms with Gasteiger partial charge in [-0.1, -0.05) is 0 Å². The normalized spacial score (nSPS) is 14.0. The van der Waals surface area contributed by atoms with Crippen LogP contribution in [-0.4, -0.2) is 30.8 Å². The van der Waals surface area contributed by atoms with Gasteiger partial charge >= 0.3 is 6.18 Å². The average Bonchev–Trinajstić information content (AvgIpc) is 2.60. The molecule has 0 saturated heterocycles. The molecule has 0 aliphatic carbocycles. The summed E-state index contributed by atoms with van der Waals surface area (Å²) in [6, 6.07) is 7.40. The summed E-state index contributed by atoms with van der Waals surface area (Å²) in [5, 5.41) is 21.1. The molecule has 0 heterocycles. The summed E-state index contributed by atoms with van der Waals surface area (Å²) in [5.74, 6) is -3.06. The van der Waals surface area contributed by atoms with E-state index in [4.69, 9.17) is 5.26 Å². The lowest BCUT2D eigenvalue weighted by Crippen LogP contribution is -2.45. The molecule has 0 bridgehead atoms. The van der Waals surface area contributed by atoms with Crippen LogP contribution in [0.2, 0.25) is 0 Å². The van der Waals surface area contributed by atoms with E-state index in [2.05, 4.69) is 0 Å². The van der Waals surface area contributed by atoms with Crippen molar-refractivity contribution in [2.24, 2.45) is 0 Å². The molecule has 0 fully saturated rings. The third kappa shape index (κ3) is 5.30. The summed E-state index contributed by atoms with van der Waals surface area (Å²) >= 11 is 0. The van der Waals surface area contributed by atoms with Crippen molar-refractivity contribution in [2.45, 2.75) is 23.6 Å². The molecular weight excluding hydrogens is 415 g/mol. The van der Waals surface area contributed by atoms with E-state index >= 15 is 0 Å². The fourth-order valence-electron chi connectivity index (χ4n) is 2.38. The smallest absolute Gasteiger partial charge is 0.379 e. The number of amides is 1. The number of hydrogen-bond acceptors (Lipinski definition) is 5. The molecule has 0 aromatic heterocycles. The standard InChI is InChI=1S/C18H14F4N2O4S/c1-17(26,10-29(27,28)14-6-3-12(19)4-7-14)16(25)24-13-5-2-11(9-23)15(8-13)18(20,21)22/h2-8,26H,10H2,1H3,(H,24,25)/i19-1. The molecule has 1 unspecified atom stereocenters. The monoisotopic (exact) mass is 429 g/mol. The van der Waals surface area contributed by atoms with E-state index in [0.29, 0.717) is 6.07 Å². The van der Waals surface area contributed by atoms with Crippen molar-refractivity contribution in [3.05, 3.63) is 59.4 Å². The number of aliphatic hydroxyl groups is 1. The fraction of sp³-hybridized carbons (Fsp3) is 0.222. The molecule has 0 saturated carbocycles. The lowest BCUT2D eigenvalue weighted by atomic mass is 10.1. The van der Waals surface area contributed by atoms with E-state index < -0.39 is 50.2 Å². The summed E-state index contributed by atoms with van der Waals surface area (Å²) in [5.41, 5.74) is -4.86. The number of nitriles is 1. The zero-order valence-corrected chi connectivity index (χ0v) is 15.6. The van der Waals surface area contributed by atoms with E-state index in [0.717, 1.165) is 43.3 Å². The molecule has 1 atom stereocenters. The fourth-order valence-corrected chi connectivity index (χ4v) is 3.97. The maximum atomic E-state index is 13.0. The molecule has 6 nitrogen and oxygen atoms in total. The van der Waals surface area contributed by atoms with Gasteiger partial charge in [0.1, 0.15) is 5.82 Å². The molecule has 0 spiro atoms. The predicted molar refractivity (Wildman–Crippen MR) is 93.9 cm³/mol. The van der Waals surface area contributed by atoms with Crippen molar-refractivity contribution >= 4 is 21.4 Å². The molecule has 1 amide bonds. The van der Waals surface area contributed by atoms with Crippen LogP contribution in [0.25, 0.3) is 0 Å². The van der Waals surface area contributed by atoms with Crippen LogP contribution in [0.3, 0.4) is 0 Å². The number of nitrogens with one attached hydrogen (secondary N) is 1. The van der Waals surface area contributed by atoms with Crippen molar-refractivity contribution in [1.29, 1.82) is 5.26 Å². The van der Waals surface area contributed by atoms with Gasteiger partial charge in [-0.2, -0.15) is 18.4 Å². The number of sulfone groups is 1. The molecule has 2 rings (SSSR count). The summed E-state index contributed by atoms with van der Waals surface area (Å²) in [6.45, 7) is 0.873. The molecule has 2 aromatic rings. The van der Waals surface area contributed by atoms with Crippen LogP contribution in [-0.2, 0) is 20.8 Å². The Hall–Kier alpha value is -2.97. The lowest BCUT2D eigenvalue weighted by Gasteiger charge is -2.22. The highest BCUT2D eigenvalue weighted by Crippen LogP contribution is 2.33. The van der Waals surface area contributed by atoms with Gasteiger partial charge in [-0.05, 0) is 49.4 Å². The van der Waals surface area contributed by atoms with Crippen LogP contribution in [0.4, 0.5) is 23.2 Å². The van der Waals surface area contributed by atoms with Crippen LogP contribution in [0.15, 0.2) is 47.4 Å². The molecule has 2 aromatic carbocycles. The number of carbonyl (C=O) groups is 1. The van der Waals surface area contributed by atoms with E-state index in [1.807, 2.05) is 5.32 Å². The number of anilines is 1. The summed E-state index contributed by atoms with van der Waals surface area (Å²) in [7, 11) is -4.21. The number of alkyl halides is 3. The maximum absolute atomic E-state index is 13.0. The van der Waals surface area contributed by atoms with Gasteiger partial charge in [0.05, 0.1) is 27.8 Å². The highest BCUT2D eigenvalue weighted by molar-refractivity contribution is 7.91. The second-order valence-corrected chi connectivity index (χ2v) is 8.30. The first-order valence-corrected chi connectivity index (χ1v) is 9.55. The first-order valence-electron chi connectivity index (χ1n) is 7.90. The zero-order valence-electron chi connectivity index (χ0n) is 14.8. The largest absolute Gasteiger partial charge is 0.417 e. The molecule has 0 aliphatic rings. The van der Waals surface area contributed by atoms with Gasteiger partial charge in [0.2, 0.25) is 0 Å². The van der Waals surface area contributed by atoms with Gasteiger partial charge < -0.3 is 10.4 Å². The topological polar surface area (TPSA) is 107 Å². The van der Waals surface area contributed by atoms with Gasteiger partial charge in [0.25, 0.3) is 5.91 Å². The Kier molecular flexibility index (Phi) is 6.01. The first kappa shape index (κ1) is 22.3. The van der Waals surface area contributed by atoms with Crippen molar-refractivity contribution < 1.29 is 35.9 Å². The number of benzene rings is 2. The second kappa shape index (κ2) is 7.81. The van der Waals surface area contributed by atoms with Gasteiger partial charge in [-0.15, -0.1) is 0 Å². The average molecular weight is 429 g/mol. The summed E-state index contributed by atoms with van der Waals surface area (Å²) in [4.78, 5) is 11.9. The van der Waals surface area contributed by atoms with Gasteiger partial charge in [-0.25, -0.2) is 12.8 Å². The Morgan fingerprint density at radius 1 is 1.17 bits per heavy atom. The minimum Gasteiger partial charge on any atom is -0.379 e.